The van der Waals surface area contributed by atoms with Crippen LogP contribution in [-0.4, -0.2) is 42.2 Å². The van der Waals surface area contributed by atoms with E-state index in [9.17, 15) is 13.9 Å². The number of aliphatic hydroxyl groups is 1. The predicted octanol–water partition coefficient (Wildman–Crippen LogP) is 6.21. The molecule has 1 aliphatic heterocycles. The molecule has 6 atom stereocenters. The van der Waals surface area contributed by atoms with Crippen molar-refractivity contribution in [2.24, 2.45) is 29.1 Å². The Labute approximate surface area is 181 Å². The SMILES string of the molecule is C[C@@H](CN1CCC(C(F)F)C1)C1CCC2/C(=C/C=C3/CCCC(O)C3)CCCC21C. The summed E-state index contributed by atoms with van der Waals surface area (Å²) in [7, 11) is 0. The van der Waals surface area contributed by atoms with Gasteiger partial charge >= 0.3 is 0 Å². The Hall–Kier alpha value is -0.740. The Bertz CT molecular complexity index is 659. The largest absolute Gasteiger partial charge is 0.393 e. The van der Waals surface area contributed by atoms with Crippen LogP contribution in [-0.2, 0) is 0 Å². The number of hydrogen-bond acceptors (Lipinski definition) is 2. The van der Waals surface area contributed by atoms with E-state index in [-0.39, 0.29) is 6.10 Å². The first-order valence-electron chi connectivity index (χ1n) is 12.4. The fourth-order valence-electron chi connectivity index (χ4n) is 7.43. The van der Waals surface area contributed by atoms with Gasteiger partial charge in [0, 0.05) is 19.0 Å². The van der Waals surface area contributed by atoms with Crippen molar-refractivity contribution in [3.8, 4) is 0 Å². The van der Waals surface area contributed by atoms with Gasteiger partial charge in [0.2, 0.25) is 6.43 Å². The molecule has 0 amide bonds. The third-order valence-electron chi connectivity index (χ3n) is 9.00. The second kappa shape index (κ2) is 9.40. The Kier molecular flexibility index (Phi) is 7.04. The van der Waals surface area contributed by atoms with E-state index in [2.05, 4.69) is 30.9 Å². The molecule has 4 rings (SSSR count). The average molecular weight is 422 g/mol. The zero-order chi connectivity index (χ0) is 21.3. The van der Waals surface area contributed by atoms with Gasteiger partial charge in [0.25, 0.3) is 0 Å². The van der Waals surface area contributed by atoms with Gasteiger partial charge in [-0.15, -0.1) is 0 Å². The van der Waals surface area contributed by atoms with Gasteiger partial charge in [0.05, 0.1) is 6.10 Å². The zero-order valence-corrected chi connectivity index (χ0v) is 19.0. The molecule has 4 fully saturated rings. The lowest BCUT2D eigenvalue weighted by Gasteiger charge is -2.45. The molecule has 0 aromatic rings. The third kappa shape index (κ3) is 4.70. The van der Waals surface area contributed by atoms with Crippen LogP contribution in [0, 0.1) is 29.1 Å². The van der Waals surface area contributed by atoms with Gasteiger partial charge < -0.3 is 10.0 Å². The molecule has 0 aromatic carbocycles. The molecule has 0 aromatic heterocycles. The highest BCUT2D eigenvalue weighted by molar-refractivity contribution is 5.25. The molecule has 0 radical (unpaired) electrons. The maximum absolute atomic E-state index is 13.1. The minimum atomic E-state index is -2.16. The fourth-order valence-corrected chi connectivity index (χ4v) is 7.43. The highest BCUT2D eigenvalue weighted by Crippen LogP contribution is 2.59. The molecule has 1 N–H and O–H groups in total. The molecule has 0 spiro atoms. The molecule has 4 aliphatic rings. The van der Waals surface area contributed by atoms with Crippen LogP contribution >= 0.6 is 0 Å². The Morgan fingerprint density at radius 3 is 2.70 bits per heavy atom. The van der Waals surface area contributed by atoms with Crippen LogP contribution in [0.25, 0.3) is 0 Å². The predicted molar refractivity (Wildman–Crippen MR) is 119 cm³/mol. The molecule has 1 heterocycles. The first-order valence-corrected chi connectivity index (χ1v) is 12.4. The minimum Gasteiger partial charge on any atom is -0.393 e. The molecule has 3 aliphatic carbocycles. The monoisotopic (exact) mass is 421 g/mol. The van der Waals surface area contributed by atoms with E-state index in [4.69, 9.17) is 0 Å². The summed E-state index contributed by atoms with van der Waals surface area (Å²) in [5, 5.41) is 9.96. The number of aliphatic hydroxyl groups excluding tert-OH is 1. The molecule has 5 unspecified atom stereocenters. The fraction of sp³-hybridized carbons (Fsp3) is 0.846. The molecule has 4 heteroatoms. The lowest BCUT2D eigenvalue weighted by atomic mass is 9.61. The van der Waals surface area contributed by atoms with Crippen LogP contribution < -0.4 is 0 Å². The minimum absolute atomic E-state index is 0.146. The van der Waals surface area contributed by atoms with Crippen molar-refractivity contribution in [1.29, 1.82) is 0 Å². The van der Waals surface area contributed by atoms with E-state index in [0.717, 1.165) is 38.8 Å². The molecular weight excluding hydrogens is 380 g/mol. The van der Waals surface area contributed by atoms with E-state index in [1.54, 1.807) is 5.57 Å². The van der Waals surface area contributed by atoms with Gasteiger partial charge in [-0.05, 0) is 93.9 Å². The van der Waals surface area contributed by atoms with Crippen LogP contribution in [0.1, 0.15) is 78.1 Å². The quantitative estimate of drug-likeness (QED) is 0.570. The number of allylic oxidation sites excluding steroid dienone is 3. The van der Waals surface area contributed by atoms with Crippen LogP contribution in [0.2, 0.25) is 0 Å². The number of likely N-dealkylation sites (tertiary alicyclic amines) is 1. The summed E-state index contributed by atoms with van der Waals surface area (Å²) in [5.41, 5.74) is 3.40. The maximum atomic E-state index is 13.1. The van der Waals surface area contributed by atoms with Crippen LogP contribution in [0.5, 0.6) is 0 Å². The zero-order valence-electron chi connectivity index (χ0n) is 19.0. The van der Waals surface area contributed by atoms with Crippen molar-refractivity contribution in [2.75, 3.05) is 19.6 Å². The number of nitrogens with zero attached hydrogens (tertiary/aromatic N) is 1. The van der Waals surface area contributed by atoms with Crippen molar-refractivity contribution in [2.45, 2.75) is 90.6 Å². The van der Waals surface area contributed by atoms with E-state index in [1.807, 2.05) is 0 Å². The summed E-state index contributed by atoms with van der Waals surface area (Å²) in [6.45, 7) is 7.30. The highest BCUT2D eigenvalue weighted by atomic mass is 19.3. The number of fused-ring (bicyclic) bond motifs is 1. The molecular formula is C26H41F2NO. The van der Waals surface area contributed by atoms with Crippen LogP contribution in [0.15, 0.2) is 23.3 Å². The second-order valence-corrected chi connectivity index (χ2v) is 11.0. The molecule has 1 saturated heterocycles. The van der Waals surface area contributed by atoms with Gasteiger partial charge in [0.1, 0.15) is 0 Å². The number of halogens is 2. The van der Waals surface area contributed by atoms with Gasteiger partial charge in [-0.25, -0.2) is 8.78 Å². The van der Waals surface area contributed by atoms with E-state index < -0.39 is 12.3 Å². The van der Waals surface area contributed by atoms with Crippen molar-refractivity contribution in [3.05, 3.63) is 23.3 Å². The maximum Gasteiger partial charge on any atom is 0.242 e. The van der Waals surface area contributed by atoms with Crippen molar-refractivity contribution >= 4 is 0 Å². The normalized spacial score (nSPS) is 41.7. The van der Waals surface area contributed by atoms with E-state index in [1.165, 1.54) is 37.7 Å². The first kappa shape index (κ1) is 22.5. The number of hydrogen-bond donors (Lipinski definition) is 1. The van der Waals surface area contributed by atoms with E-state index in [0.29, 0.717) is 36.1 Å². The first-order chi connectivity index (χ1) is 14.4. The highest BCUT2D eigenvalue weighted by Gasteiger charge is 2.51. The summed E-state index contributed by atoms with van der Waals surface area (Å²) < 4.78 is 26.1. The summed E-state index contributed by atoms with van der Waals surface area (Å²) in [6.07, 6.45) is 13.5. The number of alkyl halides is 2. The van der Waals surface area contributed by atoms with Gasteiger partial charge in [-0.1, -0.05) is 37.1 Å². The Morgan fingerprint density at radius 1 is 1.13 bits per heavy atom. The average Bonchev–Trinajstić information content (AvgIpc) is 3.30. The summed E-state index contributed by atoms with van der Waals surface area (Å²) >= 11 is 0. The lowest BCUT2D eigenvalue weighted by Crippen LogP contribution is -2.39. The molecule has 170 valence electrons. The summed E-state index contributed by atoms with van der Waals surface area (Å²) in [4.78, 5) is 2.30. The standard InChI is InChI=1S/C26H41F2NO/c1-18(16-29-14-12-21(17-29)25(27)28)23-10-11-24-20(6-4-13-26(23,24)2)9-8-19-5-3-7-22(30)15-19/h8-9,18,21-25,30H,3-7,10-17H2,1-2H3/b19-8-,20-9+/t18-,21?,22?,23?,24?,26?/m0/s1. The van der Waals surface area contributed by atoms with E-state index >= 15 is 0 Å². The summed E-state index contributed by atoms with van der Waals surface area (Å²) in [5.74, 6) is 1.53. The van der Waals surface area contributed by atoms with Crippen molar-refractivity contribution in [1.82, 2.24) is 4.90 Å². The third-order valence-corrected chi connectivity index (χ3v) is 9.00. The smallest absolute Gasteiger partial charge is 0.242 e. The van der Waals surface area contributed by atoms with Gasteiger partial charge in [-0.3, -0.25) is 0 Å². The molecule has 3 saturated carbocycles. The van der Waals surface area contributed by atoms with Gasteiger partial charge in [-0.2, -0.15) is 0 Å². The summed E-state index contributed by atoms with van der Waals surface area (Å²) in [6, 6.07) is 0. The van der Waals surface area contributed by atoms with Crippen molar-refractivity contribution in [3.63, 3.8) is 0 Å². The van der Waals surface area contributed by atoms with Crippen LogP contribution in [0.4, 0.5) is 8.78 Å². The lowest BCUT2D eigenvalue weighted by molar-refractivity contribution is 0.0672. The number of rotatable bonds is 5. The van der Waals surface area contributed by atoms with Gasteiger partial charge in [0.15, 0.2) is 0 Å². The molecule has 30 heavy (non-hydrogen) atoms. The topological polar surface area (TPSA) is 23.5 Å². The van der Waals surface area contributed by atoms with Crippen LogP contribution in [0.3, 0.4) is 0 Å². The molecule has 0 bridgehead atoms. The molecule has 2 nitrogen and oxygen atoms in total. The second-order valence-electron chi connectivity index (χ2n) is 11.0. The Morgan fingerprint density at radius 2 is 1.97 bits per heavy atom. The van der Waals surface area contributed by atoms with Crippen molar-refractivity contribution < 1.29 is 13.9 Å². The Balaban J connectivity index is 1.41.